The molecular formula is C29H36N6O4. The summed E-state index contributed by atoms with van der Waals surface area (Å²) in [5, 5.41) is 21.4. The summed E-state index contributed by atoms with van der Waals surface area (Å²) in [6.45, 7) is 2.88. The second kappa shape index (κ2) is 12.4. The van der Waals surface area contributed by atoms with E-state index in [9.17, 15) is 14.7 Å². The maximum atomic E-state index is 13.9. The molecule has 0 bridgehead atoms. The van der Waals surface area contributed by atoms with Crippen molar-refractivity contribution in [2.24, 2.45) is 0 Å². The first-order valence-corrected chi connectivity index (χ1v) is 13.6. The van der Waals surface area contributed by atoms with E-state index in [4.69, 9.17) is 4.74 Å². The Bertz CT molecular complexity index is 1250. The molecule has 3 aromatic rings. The van der Waals surface area contributed by atoms with Crippen LogP contribution in [0.2, 0.25) is 0 Å². The summed E-state index contributed by atoms with van der Waals surface area (Å²) in [7, 11) is 1.57. The Morgan fingerprint density at radius 3 is 2.59 bits per heavy atom. The molecule has 2 aromatic carbocycles. The molecule has 206 valence electrons. The molecule has 2 N–H and O–H groups in total. The van der Waals surface area contributed by atoms with E-state index in [1.165, 1.54) is 0 Å². The van der Waals surface area contributed by atoms with Gasteiger partial charge in [-0.3, -0.25) is 14.5 Å². The zero-order chi connectivity index (χ0) is 27.2. The summed E-state index contributed by atoms with van der Waals surface area (Å²) < 4.78 is 7.06. The minimum Gasteiger partial charge on any atom is -0.497 e. The number of hydrogen-bond acceptors (Lipinski definition) is 7. The Kier molecular flexibility index (Phi) is 8.53. The van der Waals surface area contributed by atoms with Crippen LogP contribution in [0.4, 0.5) is 0 Å². The van der Waals surface area contributed by atoms with Crippen molar-refractivity contribution in [3.8, 4) is 5.75 Å². The maximum Gasteiger partial charge on any atom is 0.252 e. The highest BCUT2D eigenvalue weighted by Crippen LogP contribution is 2.26. The van der Waals surface area contributed by atoms with Crippen molar-refractivity contribution in [3.05, 3.63) is 77.6 Å². The predicted molar refractivity (Wildman–Crippen MR) is 145 cm³/mol. The van der Waals surface area contributed by atoms with Gasteiger partial charge in [0.1, 0.15) is 11.8 Å². The number of nitrogens with zero attached hydrogens (tertiary/aromatic N) is 5. The third-order valence-corrected chi connectivity index (χ3v) is 7.72. The summed E-state index contributed by atoms with van der Waals surface area (Å²) in [6, 6.07) is 15.5. The van der Waals surface area contributed by atoms with Gasteiger partial charge in [-0.05, 0) is 62.1 Å². The zero-order valence-corrected chi connectivity index (χ0v) is 22.3. The van der Waals surface area contributed by atoms with Crippen molar-refractivity contribution in [2.45, 2.75) is 50.4 Å². The number of piperidine rings is 1. The molecule has 5 rings (SSSR count). The Morgan fingerprint density at radius 2 is 1.85 bits per heavy atom. The summed E-state index contributed by atoms with van der Waals surface area (Å²) in [6.07, 6.45) is 5.77. The molecule has 0 saturated carbocycles. The molecule has 0 aliphatic carbocycles. The fourth-order valence-corrected chi connectivity index (χ4v) is 5.53. The maximum absolute atomic E-state index is 13.9. The predicted octanol–water partition coefficient (Wildman–Crippen LogP) is 2.58. The summed E-state index contributed by atoms with van der Waals surface area (Å²) >= 11 is 0. The number of benzene rings is 2. The van der Waals surface area contributed by atoms with E-state index in [1.807, 2.05) is 46.1 Å². The Balaban J connectivity index is 1.28. The lowest BCUT2D eigenvalue weighted by Gasteiger charge is -2.35. The van der Waals surface area contributed by atoms with Crippen molar-refractivity contribution < 1.29 is 19.4 Å². The molecular weight excluding hydrogens is 496 g/mol. The molecule has 0 radical (unpaired) electrons. The fraction of sp³-hybridized carbons (Fsp3) is 0.448. The van der Waals surface area contributed by atoms with Gasteiger partial charge >= 0.3 is 0 Å². The Morgan fingerprint density at radius 1 is 1.08 bits per heavy atom. The van der Waals surface area contributed by atoms with Gasteiger partial charge in [0.25, 0.3) is 5.91 Å². The Hall–Kier alpha value is -3.76. The van der Waals surface area contributed by atoms with Crippen molar-refractivity contribution in [3.63, 3.8) is 0 Å². The smallest absolute Gasteiger partial charge is 0.252 e. The molecule has 3 heterocycles. The minimum atomic E-state index is -0.809. The third kappa shape index (κ3) is 6.29. The number of likely N-dealkylation sites (tertiary alicyclic amines) is 2. The van der Waals surface area contributed by atoms with Crippen molar-refractivity contribution in [2.75, 3.05) is 33.4 Å². The lowest BCUT2D eigenvalue weighted by Crippen LogP contribution is -2.47. The second-order valence-corrected chi connectivity index (χ2v) is 10.3. The number of ether oxygens (including phenoxy) is 1. The lowest BCUT2D eigenvalue weighted by molar-refractivity contribution is -0.135. The van der Waals surface area contributed by atoms with E-state index in [0.29, 0.717) is 30.9 Å². The van der Waals surface area contributed by atoms with Gasteiger partial charge in [0.2, 0.25) is 5.91 Å². The van der Waals surface area contributed by atoms with Crippen molar-refractivity contribution in [1.82, 2.24) is 30.1 Å². The fourth-order valence-electron chi connectivity index (χ4n) is 5.53. The molecule has 1 aromatic heterocycles. The van der Waals surface area contributed by atoms with Gasteiger partial charge < -0.3 is 20.1 Å². The number of carbonyl (C=O) groups excluding carboxylic acids is 2. The van der Waals surface area contributed by atoms with Gasteiger partial charge in [0, 0.05) is 31.2 Å². The number of nitrogens with one attached hydrogen (secondary N) is 1. The molecule has 2 saturated heterocycles. The highest BCUT2D eigenvalue weighted by molar-refractivity contribution is 5.98. The van der Waals surface area contributed by atoms with Crippen LogP contribution in [-0.4, -0.2) is 81.1 Å². The average Bonchev–Trinajstić information content (AvgIpc) is 3.65. The number of rotatable bonds is 9. The molecule has 2 aliphatic rings. The minimum absolute atomic E-state index is 0.00452. The Labute approximate surface area is 228 Å². The first kappa shape index (κ1) is 26.8. The number of amides is 2. The van der Waals surface area contributed by atoms with Crippen LogP contribution in [0, 0.1) is 0 Å². The molecule has 2 aliphatic heterocycles. The third-order valence-electron chi connectivity index (χ3n) is 7.72. The number of aliphatic hydroxyl groups excluding tert-OH is 1. The molecule has 39 heavy (non-hydrogen) atoms. The summed E-state index contributed by atoms with van der Waals surface area (Å²) in [5.41, 5.74) is 2.06. The molecule has 3 unspecified atom stereocenters. The first-order valence-electron chi connectivity index (χ1n) is 13.6. The van der Waals surface area contributed by atoms with E-state index in [1.54, 1.807) is 31.4 Å². The van der Waals surface area contributed by atoms with Gasteiger partial charge in [-0.15, -0.1) is 5.10 Å². The first-order chi connectivity index (χ1) is 19.1. The van der Waals surface area contributed by atoms with E-state index in [-0.39, 0.29) is 30.5 Å². The summed E-state index contributed by atoms with van der Waals surface area (Å²) in [4.78, 5) is 31.1. The standard InChI is InChI=1S/C29H36N6O4/c1-39-26-13-11-22(12-14-26)28(37)30-27(21-7-3-2-4-8-21)29(38)34-16-5-9-24(19-34)35-18-23(31-32-35)17-33-15-6-10-25(33)20-36/h2-4,7-8,11-14,18,24-25,27,36H,5-6,9-10,15-17,19-20H2,1H3,(H,30,37). The largest absolute Gasteiger partial charge is 0.497 e. The van der Waals surface area contributed by atoms with Crippen LogP contribution in [0.25, 0.3) is 0 Å². The van der Waals surface area contributed by atoms with Crippen LogP contribution >= 0.6 is 0 Å². The molecule has 10 nitrogen and oxygen atoms in total. The summed E-state index contributed by atoms with van der Waals surface area (Å²) in [5.74, 6) is 0.194. The quantitative estimate of drug-likeness (QED) is 0.436. The highest BCUT2D eigenvalue weighted by atomic mass is 16.5. The number of aromatic nitrogens is 3. The topological polar surface area (TPSA) is 113 Å². The van der Waals surface area contributed by atoms with Gasteiger partial charge in [0.05, 0.1) is 31.6 Å². The van der Waals surface area contributed by atoms with E-state index in [0.717, 1.165) is 43.5 Å². The van der Waals surface area contributed by atoms with E-state index < -0.39 is 6.04 Å². The van der Waals surface area contributed by atoms with E-state index >= 15 is 0 Å². The van der Waals surface area contributed by atoms with Gasteiger partial charge in [-0.25, -0.2) is 4.68 Å². The van der Waals surface area contributed by atoms with Crippen LogP contribution in [-0.2, 0) is 11.3 Å². The SMILES string of the molecule is COc1ccc(C(=O)NC(C(=O)N2CCCC(n3cc(CN4CCCC4CO)nn3)C2)c2ccccc2)cc1. The van der Waals surface area contributed by atoms with Crippen molar-refractivity contribution in [1.29, 1.82) is 0 Å². The second-order valence-electron chi connectivity index (χ2n) is 10.3. The normalized spacial score (nSPS) is 20.5. The zero-order valence-electron chi connectivity index (χ0n) is 22.3. The van der Waals surface area contributed by atoms with Gasteiger partial charge in [0.15, 0.2) is 0 Å². The van der Waals surface area contributed by atoms with Crippen LogP contribution < -0.4 is 10.1 Å². The van der Waals surface area contributed by atoms with Crippen molar-refractivity contribution >= 4 is 11.8 Å². The molecule has 2 amide bonds. The number of methoxy groups -OCH3 is 1. The van der Waals surface area contributed by atoms with Crippen LogP contribution in [0.15, 0.2) is 60.8 Å². The number of aliphatic hydroxyl groups is 1. The van der Waals surface area contributed by atoms with E-state index in [2.05, 4.69) is 20.5 Å². The molecule has 3 atom stereocenters. The van der Waals surface area contributed by atoms with Crippen LogP contribution in [0.1, 0.15) is 59.4 Å². The lowest BCUT2D eigenvalue weighted by atomic mass is 10.0. The van der Waals surface area contributed by atoms with Gasteiger partial charge in [-0.2, -0.15) is 0 Å². The molecule has 10 heteroatoms. The van der Waals surface area contributed by atoms with Crippen LogP contribution in [0.3, 0.4) is 0 Å². The highest BCUT2D eigenvalue weighted by Gasteiger charge is 2.32. The molecule has 0 spiro atoms. The monoisotopic (exact) mass is 532 g/mol. The average molecular weight is 533 g/mol. The van der Waals surface area contributed by atoms with Gasteiger partial charge in [-0.1, -0.05) is 35.5 Å². The molecule has 2 fully saturated rings. The number of carbonyl (C=O) groups is 2. The van der Waals surface area contributed by atoms with Crippen LogP contribution in [0.5, 0.6) is 5.75 Å². The number of hydrogen-bond donors (Lipinski definition) is 2.